The third kappa shape index (κ3) is 1.51. The first-order chi connectivity index (χ1) is 6.65. The van der Waals surface area contributed by atoms with E-state index in [0.29, 0.717) is 12.5 Å². The van der Waals surface area contributed by atoms with Crippen LogP contribution in [0.3, 0.4) is 0 Å². The van der Waals surface area contributed by atoms with Crippen LogP contribution in [0.15, 0.2) is 0 Å². The quantitative estimate of drug-likeness (QED) is 0.580. The molecule has 80 valence electrons. The molecule has 0 aromatic carbocycles. The number of carbonyl (C=O) groups is 1. The number of nitrogens with zero attached hydrogens (tertiary/aromatic N) is 1. The van der Waals surface area contributed by atoms with E-state index in [1.54, 1.807) is 6.92 Å². The predicted molar refractivity (Wildman–Crippen MR) is 49.5 cm³/mol. The number of hydrogen-bond donors (Lipinski definition) is 1. The van der Waals surface area contributed by atoms with Crippen molar-refractivity contribution in [2.45, 2.75) is 25.0 Å². The van der Waals surface area contributed by atoms with Crippen LogP contribution in [-0.4, -0.2) is 49.4 Å². The number of piperazine rings is 1. The van der Waals surface area contributed by atoms with Crippen molar-refractivity contribution in [1.29, 1.82) is 0 Å². The Hall–Kier alpha value is -0.650. The zero-order valence-electron chi connectivity index (χ0n) is 8.58. The maximum Gasteiger partial charge on any atom is 0.340 e. The third-order valence-corrected chi connectivity index (χ3v) is 2.86. The Balaban J connectivity index is 2.07. The normalized spacial score (nSPS) is 38.0. The average molecular weight is 200 g/mol. The van der Waals surface area contributed by atoms with Crippen LogP contribution in [0.4, 0.5) is 0 Å². The molecule has 0 amide bonds. The number of carbonyl (C=O) groups excluding carboxylic acids is 1. The number of esters is 1. The van der Waals surface area contributed by atoms with Crippen LogP contribution in [0.2, 0.25) is 0 Å². The first-order valence-electron chi connectivity index (χ1n) is 4.90. The lowest BCUT2D eigenvalue weighted by atomic mass is 9.98. The molecule has 2 unspecified atom stereocenters. The van der Waals surface area contributed by atoms with E-state index in [-0.39, 0.29) is 5.97 Å². The smallest absolute Gasteiger partial charge is 0.340 e. The molecule has 14 heavy (non-hydrogen) atoms. The second kappa shape index (κ2) is 3.49. The standard InChI is InChI=1S/C9H16N2O3/c1-9(8(12)13-2)5-7-6-10-3-4-11(7)14-9/h7,10H,3-6H2,1-2H3. The minimum Gasteiger partial charge on any atom is -0.467 e. The van der Waals surface area contributed by atoms with Crippen LogP contribution < -0.4 is 5.32 Å². The van der Waals surface area contributed by atoms with E-state index in [1.807, 2.05) is 5.06 Å². The Labute approximate surface area is 83.3 Å². The molecular formula is C9H16N2O3. The molecule has 2 fully saturated rings. The number of hydrogen-bond acceptors (Lipinski definition) is 5. The van der Waals surface area contributed by atoms with E-state index in [0.717, 1.165) is 19.6 Å². The van der Waals surface area contributed by atoms with E-state index in [2.05, 4.69) is 5.32 Å². The molecule has 0 aliphatic carbocycles. The fourth-order valence-corrected chi connectivity index (χ4v) is 2.12. The van der Waals surface area contributed by atoms with E-state index in [9.17, 15) is 4.79 Å². The number of ether oxygens (including phenoxy) is 1. The van der Waals surface area contributed by atoms with Crippen molar-refractivity contribution in [2.24, 2.45) is 0 Å². The van der Waals surface area contributed by atoms with Crippen molar-refractivity contribution in [2.75, 3.05) is 26.7 Å². The van der Waals surface area contributed by atoms with E-state index < -0.39 is 5.60 Å². The van der Waals surface area contributed by atoms with Crippen LogP contribution in [0.5, 0.6) is 0 Å². The highest BCUT2D eigenvalue weighted by molar-refractivity contribution is 5.79. The van der Waals surface area contributed by atoms with Crippen molar-refractivity contribution in [3.63, 3.8) is 0 Å². The molecule has 0 aromatic heterocycles. The Bertz CT molecular complexity index is 230. The molecule has 0 saturated carbocycles. The SMILES string of the molecule is COC(=O)C1(C)CC2CNCCN2O1. The van der Waals surface area contributed by atoms with Gasteiger partial charge in [-0.05, 0) is 6.92 Å². The van der Waals surface area contributed by atoms with Gasteiger partial charge in [0.1, 0.15) is 0 Å². The van der Waals surface area contributed by atoms with Gasteiger partial charge in [0.15, 0.2) is 5.60 Å². The fourth-order valence-electron chi connectivity index (χ4n) is 2.12. The number of fused-ring (bicyclic) bond motifs is 1. The van der Waals surface area contributed by atoms with Crippen molar-refractivity contribution in [1.82, 2.24) is 10.4 Å². The van der Waals surface area contributed by atoms with Crippen LogP contribution in [0.25, 0.3) is 0 Å². The molecule has 2 atom stereocenters. The molecule has 0 aromatic rings. The molecule has 2 rings (SSSR count). The third-order valence-electron chi connectivity index (χ3n) is 2.86. The van der Waals surface area contributed by atoms with Gasteiger partial charge in [-0.15, -0.1) is 0 Å². The number of methoxy groups -OCH3 is 1. The summed E-state index contributed by atoms with van der Waals surface area (Å²) < 4.78 is 4.73. The maximum absolute atomic E-state index is 11.5. The number of nitrogens with one attached hydrogen (secondary N) is 1. The summed E-state index contributed by atoms with van der Waals surface area (Å²) in [5.41, 5.74) is -0.786. The number of hydroxylamine groups is 2. The lowest BCUT2D eigenvalue weighted by Crippen LogP contribution is -2.47. The molecule has 2 aliphatic rings. The maximum atomic E-state index is 11.5. The van der Waals surface area contributed by atoms with E-state index >= 15 is 0 Å². The van der Waals surface area contributed by atoms with Gasteiger partial charge in [-0.3, -0.25) is 4.84 Å². The summed E-state index contributed by atoms with van der Waals surface area (Å²) in [4.78, 5) is 17.1. The first kappa shape index (κ1) is 9.89. The van der Waals surface area contributed by atoms with Gasteiger partial charge >= 0.3 is 5.97 Å². The van der Waals surface area contributed by atoms with Gasteiger partial charge in [-0.2, -0.15) is 5.06 Å². The molecule has 2 saturated heterocycles. The highest BCUT2D eigenvalue weighted by Gasteiger charge is 2.49. The second-order valence-corrected chi connectivity index (χ2v) is 4.02. The predicted octanol–water partition coefficient (Wildman–Crippen LogP) is -0.473. The summed E-state index contributed by atoms with van der Waals surface area (Å²) in [6, 6.07) is 0.299. The second-order valence-electron chi connectivity index (χ2n) is 4.02. The summed E-state index contributed by atoms with van der Waals surface area (Å²) in [5, 5.41) is 5.17. The molecule has 5 nitrogen and oxygen atoms in total. The van der Waals surface area contributed by atoms with Crippen LogP contribution >= 0.6 is 0 Å². The highest BCUT2D eigenvalue weighted by atomic mass is 16.7. The molecule has 0 bridgehead atoms. The molecule has 5 heteroatoms. The molecule has 0 radical (unpaired) electrons. The van der Waals surface area contributed by atoms with E-state index in [4.69, 9.17) is 9.57 Å². The van der Waals surface area contributed by atoms with Gasteiger partial charge in [-0.25, -0.2) is 4.79 Å². The topological polar surface area (TPSA) is 50.8 Å². The molecule has 0 spiro atoms. The molecule has 2 aliphatic heterocycles. The minimum absolute atomic E-state index is 0.285. The molecule has 2 heterocycles. The molecular weight excluding hydrogens is 184 g/mol. The highest BCUT2D eigenvalue weighted by Crippen LogP contribution is 2.32. The van der Waals surface area contributed by atoms with Crippen molar-refractivity contribution in [3.8, 4) is 0 Å². The fraction of sp³-hybridized carbons (Fsp3) is 0.889. The monoisotopic (exact) mass is 200 g/mol. The molecule has 1 N–H and O–H groups in total. The largest absolute Gasteiger partial charge is 0.467 e. The van der Waals surface area contributed by atoms with Crippen LogP contribution in [0, 0.1) is 0 Å². The lowest BCUT2D eigenvalue weighted by Gasteiger charge is -2.28. The summed E-state index contributed by atoms with van der Waals surface area (Å²) in [6.45, 7) is 4.41. The Morgan fingerprint density at radius 2 is 2.50 bits per heavy atom. The summed E-state index contributed by atoms with van der Waals surface area (Å²) in [6.07, 6.45) is 0.701. The van der Waals surface area contributed by atoms with Crippen molar-refractivity contribution in [3.05, 3.63) is 0 Å². The zero-order chi connectivity index (χ0) is 10.2. The zero-order valence-corrected chi connectivity index (χ0v) is 8.58. The summed E-state index contributed by atoms with van der Waals surface area (Å²) in [5.74, 6) is -0.285. The summed E-state index contributed by atoms with van der Waals surface area (Å²) in [7, 11) is 1.40. The van der Waals surface area contributed by atoms with Gasteiger partial charge in [0.25, 0.3) is 0 Å². The van der Waals surface area contributed by atoms with Crippen LogP contribution in [0.1, 0.15) is 13.3 Å². The van der Waals surface area contributed by atoms with E-state index in [1.165, 1.54) is 7.11 Å². The van der Waals surface area contributed by atoms with Gasteiger partial charge in [0, 0.05) is 26.1 Å². The first-order valence-corrected chi connectivity index (χ1v) is 4.90. The Morgan fingerprint density at radius 3 is 3.14 bits per heavy atom. The Morgan fingerprint density at radius 1 is 1.71 bits per heavy atom. The van der Waals surface area contributed by atoms with Crippen LogP contribution in [-0.2, 0) is 14.4 Å². The number of rotatable bonds is 1. The van der Waals surface area contributed by atoms with Crippen molar-refractivity contribution < 1.29 is 14.4 Å². The van der Waals surface area contributed by atoms with Gasteiger partial charge in [0.05, 0.1) is 13.2 Å². The van der Waals surface area contributed by atoms with Gasteiger partial charge in [-0.1, -0.05) is 0 Å². The van der Waals surface area contributed by atoms with Crippen molar-refractivity contribution >= 4 is 5.97 Å². The van der Waals surface area contributed by atoms with Gasteiger partial charge in [0.2, 0.25) is 0 Å². The average Bonchev–Trinajstić information content (AvgIpc) is 2.54. The minimum atomic E-state index is -0.786. The lowest BCUT2D eigenvalue weighted by molar-refractivity contribution is -0.216. The Kier molecular flexibility index (Phi) is 2.47. The summed E-state index contributed by atoms with van der Waals surface area (Å²) >= 11 is 0. The van der Waals surface area contributed by atoms with Gasteiger partial charge < -0.3 is 10.1 Å².